The molecule has 2 aliphatic rings. The van der Waals surface area contributed by atoms with E-state index in [1.165, 1.54) is 0 Å². The number of allylic oxidation sites excluding steroid dienone is 1. The Morgan fingerprint density at radius 3 is 2.15 bits per heavy atom. The fourth-order valence-electron chi connectivity index (χ4n) is 3.71. The molecule has 1 saturated carbocycles. The molecule has 2 aromatic carbocycles. The summed E-state index contributed by atoms with van der Waals surface area (Å²) in [5.41, 5.74) is 2.44. The molecular formula is C22H21NO3. The lowest BCUT2D eigenvalue weighted by Gasteiger charge is -2.25. The lowest BCUT2D eigenvalue weighted by Crippen LogP contribution is -2.30. The highest BCUT2D eigenvalue weighted by atomic mass is 16.5. The topological polar surface area (TPSA) is 46.6 Å². The second-order valence-electron chi connectivity index (χ2n) is 6.80. The highest BCUT2D eigenvalue weighted by Crippen LogP contribution is 2.34. The molecule has 1 aliphatic carbocycles. The summed E-state index contributed by atoms with van der Waals surface area (Å²) in [5.74, 6) is 0.218. The van der Waals surface area contributed by atoms with Crippen LogP contribution in [0.25, 0.3) is 0 Å². The second kappa shape index (κ2) is 7.16. The van der Waals surface area contributed by atoms with Crippen LogP contribution >= 0.6 is 0 Å². The van der Waals surface area contributed by atoms with Crippen LogP contribution in [0.4, 0.5) is 0 Å². The van der Waals surface area contributed by atoms with Crippen molar-refractivity contribution in [1.29, 1.82) is 0 Å². The average molecular weight is 347 g/mol. The normalized spacial score (nSPS) is 20.5. The number of rotatable bonds is 3. The summed E-state index contributed by atoms with van der Waals surface area (Å²) in [6.07, 6.45) is 0.717. The standard InChI is InChI=1S/C22H21NO3/c24-19-13-18(17-9-5-2-6-10-17)14-20(25)21(19)22-23(11-12-26-22)15-16-7-3-1-4-8-16/h1-10,18H,11-15H2. The molecule has 0 N–H and O–H groups in total. The Hall–Kier alpha value is -2.88. The third-order valence-corrected chi connectivity index (χ3v) is 5.01. The summed E-state index contributed by atoms with van der Waals surface area (Å²) in [6, 6.07) is 19.8. The summed E-state index contributed by atoms with van der Waals surface area (Å²) >= 11 is 0. The molecule has 1 saturated heterocycles. The highest BCUT2D eigenvalue weighted by molar-refractivity contribution is 6.22. The number of benzene rings is 2. The molecule has 0 spiro atoms. The lowest BCUT2D eigenvalue weighted by atomic mass is 9.80. The van der Waals surface area contributed by atoms with E-state index in [0.29, 0.717) is 38.4 Å². The monoisotopic (exact) mass is 347 g/mol. The van der Waals surface area contributed by atoms with Crippen molar-refractivity contribution in [3.05, 3.63) is 83.2 Å². The van der Waals surface area contributed by atoms with Crippen molar-refractivity contribution in [2.24, 2.45) is 0 Å². The molecule has 2 aromatic rings. The van der Waals surface area contributed by atoms with Gasteiger partial charge >= 0.3 is 0 Å². The van der Waals surface area contributed by atoms with Gasteiger partial charge in [-0.3, -0.25) is 9.59 Å². The van der Waals surface area contributed by atoms with Crippen molar-refractivity contribution in [3.63, 3.8) is 0 Å². The summed E-state index contributed by atoms with van der Waals surface area (Å²) in [7, 11) is 0. The van der Waals surface area contributed by atoms with Crippen LogP contribution in [0.2, 0.25) is 0 Å². The van der Waals surface area contributed by atoms with Gasteiger partial charge in [-0.05, 0) is 17.0 Å². The molecule has 1 aliphatic heterocycles. The number of carbonyl (C=O) groups is 2. The third kappa shape index (κ3) is 3.27. The van der Waals surface area contributed by atoms with E-state index in [0.717, 1.165) is 11.1 Å². The summed E-state index contributed by atoms with van der Waals surface area (Å²) in [5, 5.41) is 0. The first-order chi connectivity index (χ1) is 12.7. The maximum absolute atomic E-state index is 12.8. The average Bonchev–Trinajstić information content (AvgIpc) is 3.10. The zero-order chi connectivity index (χ0) is 17.9. The van der Waals surface area contributed by atoms with Crippen LogP contribution in [0.1, 0.15) is 29.9 Å². The molecule has 0 unspecified atom stereocenters. The number of nitrogens with zero attached hydrogens (tertiary/aromatic N) is 1. The second-order valence-corrected chi connectivity index (χ2v) is 6.80. The Kier molecular flexibility index (Phi) is 4.57. The molecule has 0 atom stereocenters. The van der Waals surface area contributed by atoms with Gasteiger partial charge in [-0.25, -0.2) is 0 Å². The molecule has 4 heteroatoms. The quantitative estimate of drug-likeness (QED) is 0.630. The van der Waals surface area contributed by atoms with Crippen molar-refractivity contribution in [3.8, 4) is 0 Å². The van der Waals surface area contributed by atoms with E-state index in [2.05, 4.69) is 0 Å². The van der Waals surface area contributed by atoms with Gasteiger partial charge in [0.2, 0.25) is 5.88 Å². The van der Waals surface area contributed by atoms with Gasteiger partial charge in [-0.1, -0.05) is 60.7 Å². The summed E-state index contributed by atoms with van der Waals surface area (Å²) in [4.78, 5) is 27.6. The maximum atomic E-state index is 12.8. The highest BCUT2D eigenvalue weighted by Gasteiger charge is 2.37. The molecule has 132 valence electrons. The smallest absolute Gasteiger partial charge is 0.204 e. The number of carbonyl (C=O) groups excluding carboxylic acids is 2. The van der Waals surface area contributed by atoms with E-state index in [1.807, 2.05) is 65.6 Å². The largest absolute Gasteiger partial charge is 0.477 e. The van der Waals surface area contributed by atoms with E-state index in [4.69, 9.17) is 4.74 Å². The molecular weight excluding hydrogens is 326 g/mol. The van der Waals surface area contributed by atoms with Crippen molar-refractivity contribution < 1.29 is 14.3 Å². The molecule has 4 nitrogen and oxygen atoms in total. The maximum Gasteiger partial charge on any atom is 0.204 e. The van der Waals surface area contributed by atoms with Crippen molar-refractivity contribution in [1.82, 2.24) is 4.90 Å². The van der Waals surface area contributed by atoms with E-state index in [1.54, 1.807) is 0 Å². The van der Waals surface area contributed by atoms with Gasteiger partial charge in [0.1, 0.15) is 12.2 Å². The molecule has 0 amide bonds. The number of Topliss-reactive ketones (excluding diaryl/α,β-unsaturated/α-hetero) is 2. The summed E-state index contributed by atoms with van der Waals surface area (Å²) < 4.78 is 5.72. The van der Waals surface area contributed by atoms with Crippen LogP contribution in [0, 0.1) is 0 Å². The molecule has 0 bridgehead atoms. The van der Waals surface area contributed by atoms with Crippen molar-refractivity contribution in [2.75, 3.05) is 13.2 Å². The molecule has 1 heterocycles. The van der Waals surface area contributed by atoms with E-state index >= 15 is 0 Å². The van der Waals surface area contributed by atoms with Crippen molar-refractivity contribution >= 4 is 11.6 Å². The van der Waals surface area contributed by atoms with E-state index in [-0.39, 0.29) is 23.1 Å². The third-order valence-electron chi connectivity index (χ3n) is 5.01. The molecule has 2 fully saturated rings. The van der Waals surface area contributed by atoms with Gasteiger partial charge in [0.25, 0.3) is 0 Å². The molecule has 0 radical (unpaired) electrons. The van der Waals surface area contributed by atoms with Crippen LogP contribution in [0.15, 0.2) is 72.1 Å². The van der Waals surface area contributed by atoms with Gasteiger partial charge < -0.3 is 9.64 Å². The minimum atomic E-state index is -0.106. The van der Waals surface area contributed by atoms with Crippen LogP contribution in [0.3, 0.4) is 0 Å². The number of hydrogen-bond acceptors (Lipinski definition) is 4. The number of ether oxygens (including phenoxy) is 1. The predicted octanol–water partition coefficient (Wildman–Crippen LogP) is 3.45. The minimum Gasteiger partial charge on any atom is -0.477 e. The first kappa shape index (κ1) is 16.6. The molecule has 0 aromatic heterocycles. The first-order valence-corrected chi connectivity index (χ1v) is 8.99. The summed E-state index contributed by atoms with van der Waals surface area (Å²) in [6.45, 7) is 1.84. The van der Waals surface area contributed by atoms with Crippen molar-refractivity contribution in [2.45, 2.75) is 25.3 Å². The SMILES string of the molecule is O=C1CC(c2ccccc2)CC(=O)C1=C1OCCN1Cc1ccccc1. The Labute approximate surface area is 153 Å². The number of ketones is 2. The number of hydrogen-bond donors (Lipinski definition) is 0. The lowest BCUT2D eigenvalue weighted by molar-refractivity contribution is -0.125. The van der Waals surface area contributed by atoms with Gasteiger partial charge in [-0.15, -0.1) is 0 Å². The Morgan fingerprint density at radius 2 is 1.50 bits per heavy atom. The van der Waals surface area contributed by atoms with Gasteiger partial charge in [0, 0.05) is 19.4 Å². The van der Waals surface area contributed by atoms with Gasteiger partial charge in [-0.2, -0.15) is 0 Å². The van der Waals surface area contributed by atoms with Crippen LogP contribution in [0.5, 0.6) is 0 Å². The Bertz CT molecular complexity index is 822. The van der Waals surface area contributed by atoms with Gasteiger partial charge in [0.15, 0.2) is 11.6 Å². The molecule has 4 rings (SSSR count). The minimum absolute atomic E-state index is 0.0375. The van der Waals surface area contributed by atoms with E-state index < -0.39 is 0 Å². The fourth-order valence-corrected chi connectivity index (χ4v) is 3.71. The zero-order valence-corrected chi connectivity index (χ0v) is 14.6. The van der Waals surface area contributed by atoms with Crippen LogP contribution in [-0.2, 0) is 20.9 Å². The molecule has 26 heavy (non-hydrogen) atoms. The van der Waals surface area contributed by atoms with Crippen LogP contribution in [-0.4, -0.2) is 29.6 Å². The Morgan fingerprint density at radius 1 is 0.885 bits per heavy atom. The van der Waals surface area contributed by atoms with Crippen LogP contribution < -0.4 is 0 Å². The fraction of sp³-hybridized carbons (Fsp3) is 0.273. The van der Waals surface area contributed by atoms with E-state index in [9.17, 15) is 9.59 Å². The first-order valence-electron chi connectivity index (χ1n) is 8.99. The predicted molar refractivity (Wildman–Crippen MR) is 98.3 cm³/mol. The Balaban J connectivity index is 1.58. The van der Waals surface area contributed by atoms with Gasteiger partial charge in [0.05, 0.1) is 6.54 Å². The zero-order valence-electron chi connectivity index (χ0n) is 14.6.